The highest BCUT2D eigenvalue weighted by molar-refractivity contribution is 9.10. The van der Waals surface area contributed by atoms with E-state index in [1.165, 1.54) is 17.8 Å². The maximum atomic E-state index is 5.84. The molecule has 0 aliphatic heterocycles. The lowest BCUT2D eigenvalue weighted by Gasteiger charge is -2.09. The van der Waals surface area contributed by atoms with Gasteiger partial charge in [-0.3, -0.25) is 0 Å². The molecule has 1 aromatic heterocycles. The average molecular weight is 340 g/mol. The summed E-state index contributed by atoms with van der Waals surface area (Å²) in [6.45, 7) is 1.94. The second-order valence-corrected chi connectivity index (χ2v) is 5.94. The summed E-state index contributed by atoms with van der Waals surface area (Å²) >= 11 is 4.91. The molecule has 6 N–H and O–H groups in total. The van der Waals surface area contributed by atoms with Crippen LogP contribution in [0.5, 0.6) is 0 Å². The number of nitrogens with zero attached hydrogens (tertiary/aromatic N) is 2. The summed E-state index contributed by atoms with van der Waals surface area (Å²) in [5.41, 5.74) is 18.2. The molecule has 19 heavy (non-hydrogen) atoms. The molecule has 5 nitrogen and oxygen atoms in total. The smallest absolute Gasteiger partial charge is 0.196 e. The number of hydrogen-bond acceptors (Lipinski definition) is 6. The van der Waals surface area contributed by atoms with Gasteiger partial charge in [-0.05, 0) is 52.3 Å². The highest BCUT2D eigenvalue weighted by atomic mass is 79.9. The van der Waals surface area contributed by atoms with Gasteiger partial charge in [0, 0.05) is 21.5 Å². The Hall–Kier alpha value is -1.31. The summed E-state index contributed by atoms with van der Waals surface area (Å²) in [7, 11) is 0. The average Bonchev–Trinajstić information content (AvgIpc) is 2.30. The molecule has 0 aliphatic carbocycles. The van der Waals surface area contributed by atoms with Crippen molar-refractivity contribution in [3.05, 3.63) is 34.3 Å². The van der Waals surface area contributed by atoms with Gasteiger partial charge in [0.15, 0.2) is 5.16 Å². The van der Waals surface area contributed by atoms with Crippen molar-refractivity contribution in [3.8, 4) is 0 Å². The molecule has 0 spiro atoms. The number of nitrogen functional groups attached to an aromatic ring is 2. The largest absolute Gasteiger partial charge is 0.383 e. The Labute approximate surface area is 124 Å². The van der Waals surface area contributed by atoms with Gasteiger partial charge in [-0.15, -0.1) is 0 Å². The summed E-state index contributed by atoms with van der Waals surface area (Å²) in [5.74, 6) is 0.719. The van der Waals surface area contributed by atoms with Crippen LogP contribution in [-0.2, 0) is 0 Å². The van der Waals surface area contributed by atoms with Gasteiger partial charge in [-0.1, -0.05) is 6.07 Å². The molecule has 0 unspecified atom stereocenters. The van der Waals surface area contributed by atoms with Crippen molar-refractivity contribution in [2.75, 3.05) is 11.5 Å². The lowest BCUT2D eigenvalue weighted by atomic mass is 10.1. The van der Waals surface area contributed by atoms with Crippen LogP contribution in [0.3, 0.4) is 0 Å². The summed E-state index contributed by atoms with van der Waals surface area (Å²) in [5, 5.41) is 0.520. The minimum Gasteiger partial charge on any atom is -0.383 e. The van der Waals surface area contributed by atoms with Crippen LogP contribution in [-0.4, -0.2) is 9.97 Å². The molecular formula is C12H14BrN5S. The molecule has 7 heteroatoms. The van der Waals surface area contributed by atoms with Gasteiger partial charge in [0.25, 0.3) is 0 Å². The van der Waals surface area contributed by atoms with E-state index in [0.29, 0.717) is 16.8 Å². The van der Waals surface area contributed by atoms with Crippen molar-refractivity contribution in [1.82, 2.24) is 9.97 Å². The quantitative estimate of drug-likeness (QED) is 0.742. The first kappa shape index (κ1) is 14.1. The molecule has 1 aromatic carbocycles. The van der Waals surface area contributed by atoms with E-state index in [1.54, 1.807) is 0 Å². The molecule has 1 heterocycles. The first-order valence-corrected chi connectivity index (χ1v) is 7.19. The monoisotopic (exact) mass is 339 g/mol. The zero-order chi connectivity index (χ0) is 14.0. The van der Waals surface area contributed by atoms with Gasteiger partial charge in [-0.25, -0.2) is 9.97 Å². The molecular weight excluding hydrogens is 326 g/mol. The van der Waals surface area contributed by atoms with Gasteiger partial charge in [-0.2, -0.15) is 0 Å². The summed E-state index contributed by atoms with van der Waals surface area (Å²) < 4.78 is 0.942. The van der Waals surface area contributed by atoms with E-state index >= 15 is 0 Å². The predicted molar refractivity (Wildman–Crippen MR) is 81.7 cm³/mol. The number of aromatic nitrogens is 2. The van der Waals surface area contributed by atoms with E-state index in [0.717, 1.165) is 14.9 Å². The molecule has 2 rings (SSSR count). The Bertz CT molecular complexity index is 582. The molecule has 1 atom stereocenters. The summed E-state index contributed by atoms with van der Waals surface area (Å²) in [4.78, 5) is 9.25. The Balaban J connectivity index is 2.28. The van der Waals surface area contributed by atoms with Crippen LogP contribution >= 0.6 is 27.7 Å². The van der Waals surface area contributed by atoms with Crippen molar-refractivity contribution >= 4 is 39.3 Å². The Morgan fingerprint density at radius 3 is 2.32 bits per heavy atom. The first-order valence-electron chi connectivity index (χ1n) is 5.58. The number of nitrogens with two attached hydrogens (primary N) is 3. The third kappa shape index (κ3) is 3.59. The van der Waals surface area contributed by atoms with E-state index < -0.39 is 0 Å². The molecule has 0 bridgehead atoms. The molecule has 100 valence electrons. The molecule has 0 aliphatic rings. The van der Waals surface area contributed by atoms with E-state index in [-0.39, 0.29) is 6.04 Å². The fraction of sp³-hybridized carbons (Fsp3) is 0.167. The molecule has 2 aromatic rings. The minimum absolute atomic E-state index is 0.00499. The zero-order valence-electron chi connectivity index (χ0n) is 10.3. The van der Waals surface area contributed by atoms with Gasteiger partial charge in [0.05, 0.1) is 0 Å². The SMILES string of the molecule is C[C@H](N)c1ccc(Sc2nc(N)cc(N)n2)c(Br)c1. The van der Waals surface area contributed by atoms with Crippen molar-refractivity contribution in [2.24, 2.45) is 5.73 Å². The van der Waals surface area contributed by atoms with Gasteiger partial charge in [0.2, 0.25) is 0 Å². The van der Waals surface area contributed by atoms with Crippen LogP contribution < -0.4 is 17.2 Å². The third-order valence-corrected chi connectivity index (χ3v) is 4.29. The van der Waals surface area contributed by atoms with E-state index in [2.05, 4.69) is 25.9 Å². The standard InChI is InChI=1S/C12H14BrN5S/c1-6(14)7-2-3-9(8(13)4-7)19-12-17-10(15)5-11(16)18-12/h2-6H,14H2,1H3,(H4,15,16,17,18)/t6-/m0/s1. The summed E-state index contributed by atoms with van der Waals surface area (Å²) in [6.07, 6.45) is 0. The fourth-order valence-corrected chi connectivity index (χ4v) is 2.92. The predicted octanol–water partition coefficient (Wildman–Crippen LogP) is 2.57. The number of hydrogen-bond donors (Lipinski definition) is 3. The van der Waals surface area contributed by atoms with Crippen molar-refractivity contribution < 1.29 is 0 Å². The van der Waals surface area contributed by atoms with Gasteiger partial charge < -0.3 is 17.2 Å². The topological polar surface area (TPSA) is 104 Å². The number of anilines is 2. The molecule has 0 radical (unpaired) electrons. The number of benzene rings is 1. The molecule has 0 saturated carbocycles. The van der Waals surface area contributed by atoms with Gasteiger partial charge in [0.1, 0.15) is 11.6 Å². The van der Waals surface area contributed by atoms with Crippen LogP contribution in [0.2, 0.25) is 0 Å². The third-order valence-electron chi connectivity index (χ3n) is 2.43. The van der Waals surface area contributed by atoms with Crippen LogP contribution in [0.15, 0.2) is 38.8 Å². The Morgan fingerprint density at radius 2 is 1.79 bits per heavy atom. The van der Waals surface area contributed by atoms with Crippen LogP contribution in [0, 0.1) is 0 Å². The fourth-order valence-electron chi connectivity index (χ4n) is 1.49. The van der Waals surface area contributed by atoms with Crippen molar-refractivity contribution in [1.29, 1.82) is 0 Å². The maximum Gasteiger partial charge on any atom is 0.196 e. The maximum absolute atomic E-state index is 5.84. The lowest BCUT2D eigenvalue weighted by molar-refractivity contribution is 0.815. The van der Waals surface area contributed by atoms with E-state index in [4.69, 9.17) is 17.2 Å². The van der Waals surface area contributed by atoms with Crippen molar-refractivity contribution in [2.45, 2.75) is 23.0 Å². The minimum atomic E-state index is -0.00499. The highest BCUT2D eigenvalue weighted by Crippen LogP contribution is 2.33. The van der Waals surface area contributed by atoms with Gasteiger partial charge >= 0.3 is 0 Å². The Kier molecular flexibility index (Phi) is 4.28. The number of rotatable bonds is 3. The normalized spacial score (nSPS) is 12.4. The molecule has 0 saturated heterocycles. The second-order valence-electron chi connectivity index (χ2n) is 4.08. The van der Waals surface area contributed by atoms with E-state index in [1.807, 2.05) is 25.1 Å². The van der Waals surface area contributed by atoms with Crippen LogP contribution in [0.4, 0.5) is 11.6 Å². The first-order chi connectivity index (χ1) is 8.95. The van der Waals surface area contributed by atoms with Crippen LogP contribution in [0.25, 0.3) is 0 Å². The number of halogens is 1. The lowest BCUT2D eigenvalue weighted by Crippen LogP contribution is -2.04. The summed E-state index contributed by atoms with van der Waals surface area (Å²) in [6, 6.07) is 7.46. The van der Waals surface area contributed by atoms with E-state index in [9.17, 15) is 0 Å². The molecule has 0 amide bonds. The van der Waals surface area contributed by atoms with Crippen LogP contribution in [0.1, 0.15) is 18.5 Å². The van der Waals surface area contributed by atoms with Crippen molar-refractivity contribution in [3.63, 3.8) is 0 Å². The second kappa shape index (κ2) is 5.77. The molecule has 0 fully saturated rings. The Morgan fingerprint density at radius 1 is 1.16 bits per heavy atom. The highest BCUT2D eigenvalue weighted by Gasteiger charge is 2.09. The zero-order valence-corrected chi connectivity index (χ0v) is 12.7.